The van der Waals surface area contributed by atoms with Crippen molar-refractivity contribution in [3.05, 3.63) is 48.2 Å². The van der Waals surface area contributed by atoms with Gasteiger partial charge in [-0.1, -0.05) is 0 Å². The average molecular weight is 525 g/mol. The zero-order valence-electron chi connectivity index (χ0n) is 21.6. The smallest absolute Gasteiger partial charge is 0.230 e. The third kappa shape index (κ3) is 5.83. The van der Waals surface area contributed by atoms with Crippen LogP contribution < -0.4 is 16.0 Å². The number of H-pyrrole nitrogens is 1. The molecule has 4 N–H and O–H groups in total. The number of nitrogens with zero attached hydrogens (tertiary/aromatic N) is 4. The van der Waals surface area contributed by atoms with Gasteiger partial charge in [0.2, 0.25) is 18.1 Å². The summed E-state index contributed by atoms with van der Waals surface area (Å²) >= 11 is 0. The van der Waals surface area contributed by atoms with Gasteiger partial charge in [0.25, 0.3) is 0 Å². The Morgan fingerprint density at radius 2 is 2.00 bits per heavy atom. The van der Waals surface area contributed by atoms with Crippen LogP contribution in [0.4, 0.5) is 10.3 Å². The van der Waals surface area contributed by atoms with Crippen LogP contribution in [-0.2, 0) is 14.3 Å². The third-order valence-electron chi connectivity index (χ3n) is 6.73. The van der Waals surface area contributed by atoms with Gasteiger partial charge >= 0.3 is 0 Å². The molecule has 0 radical (unpaired) electrons. The maximum Gasteiger partial charge on any atom is 0.230 e. The molecule has 2 aliphatic heterocycles. The summed E-state index contributed by atoms with van der Waals surface area (Å²) in [6.45, 7) is 6.91. The van der Waals surface area contributed by atoms with Gasteiger partial charge in [0.1, 0.15) is 5.82 Å². The Labute approximate surface area is 220 Å². The number of ether oxygens (including phenoxy) is 2. The molecule has 1 aromatic carbocycles. The number of imidazole rings is 1. The first-order valence-corrected chi connectivity index (χ1v) is 12.8. The minimum absolute atomic E-state index is 0.152. The van der Waals surface area contributed by atoms with E-state index in [0.29, 0.717) is 34.4 Å². The second kappa shape index (κ2) is 11.5. The molecule has 0 spiro atoms. The second-order valence-corrected chi connectivity index (χ2v) is 9.77. The van der Waals surface area contributed by atoms with E-state index in [4.69, 9.17) is 19.4 Å². The standard InChI is InChI=1S/C26H33FN8O3/c1-26(24(36)28-2)14-37-23(38-15-26)22-33-20(17-4-6-18(27)7-5-17)21(34-22)19-8-10-31-25(32-19)30-9-3-12-35-13-11-29-16-35/h4-8,10,23,29H,3,9,11-16H2,1-2H3,(H,28,36)(H,33,34)(H,30,31,32). The molecule has 11 nitrogen and oxygen atoms in total. The lowest BCUT2D eigenvalue weighted by Gasteiger charge is -2.34. The SMILES string of the molecule is CNC(=O)C1(C)COC(c2nc(-c3ccc(F)cc3)c(-c3ccnc(NCCCN4CCNC4)n3)[nH]2)OC1. The van der Waals surface area contributed by atoms with E-state index in [9.17, 15) is 9.18 Å². The lowest BCUT2D eigenvalue weighted by molar-refractivity contribution is -0.230. The van der Waals surface area contributed by atoms with E-state index in [1.807, 2.05) is 0 Å². The van der Waals surface area contributed by atoms with Gasteiger partial charge in [0.15, 0.2) is 5.82 Å². The van der Waals surface area contributed by atoms with Gasteiger partial charge in [-0.15, -0.1) is 0 Å². The summed E-state index contributed by atoms with van der Waals surface area (Å²) in [5, 5.41) is 9.28. The van der Waals surface area contributed by atoms with Crippen LogP contribution in [-0.4, -0.2) is 83.9 Å². The molecule has 0 atom stereocenters. The van der Waals surface area contributed by atoms with Crippen LogP contribution >= 0.6 is 0 Å². The number of aromatic nitrogens is 4. The Balaban J connectivity index is 1.36. The van der Waals surface area contributed by atoms with Crippen LogP contribution in [0.15, 0.2) is 36.5 Å². The Morgan fingerprint density at radius 1 is 1.21 bits per heavy atom. The number of anilines is 1. The van der Waals surface area contributed by atoms with Crippen molar-refractivity contribution in [2.24, 2.45) is 5.41 Å². The number of nitrogens with one attached hydrogen (secondary N) is 4. The Bertz CT molecular complexity index is 1240. The molecule has 12 heteroatoms. The molecule has 1 amide bonds. The monoisotopic (exact) mass is 524 g/mol. The summed E-state index contributed by atoms with van der Waals surface area (Å²) in [6, 6.07) is 7.89. The van der Waals surface area contributed by atoms with Gasteiger partial charge in [-0.2, -0.15) is 0 Å². The summed E-state index contributed by atoms with van der Waals surface area (Å²) in [7, 11) is 1.59. The predicted octanol–water partition coefficient (Wildman–Crippen LogP) is 2.14. The Morgan fingerprint density at radius 3 is 2.71 bits per heavy atom. The highest BCUT2D eigenvalue weighted by molar-refractivity contribution is 5.82. The topological polar surface area (TPSA) is 129 Å². The van der Waals surface area contributed by atoms with Crippen molar-refractivity contribution in [2.75, 3.05) is 58.4 Å². The third-order valence-corrected chi connectivity index (χ3v) is 6.73. The fraction of sp³-hybridized carbons (Fsp3) is 0.462. The van der Waals surface area contributed by atoms with Crippen molar-refractivity contribution in [3.8, 4) is 22.6 Å². The van der Waals surface area contributed by atoms with Gasteiger partial charge < -0.3 is 30.4 Å². The molecule has 2 saturated heterocycles. The molecule has 2 aliphatic rings. The summed E-state index contributed by atoms with van der Waals surface area (Å²) in [6.07, 6.45) is 1.86. The molecule has 0 unspecified atom stereocenters. The number of carbonyl (C=O) groups is 1. The first-order valence-electron chi connectivity index (χ1n) is 12.8. The lowest BCUT2D eigenvalue weighted by atomic mass is 9.91. The van der Waals surface area contributed by atoms with E-state index in [2.05, 4.69) is 30.8 Å². The number of hydrogen-bond acceptors (Lipinski definition) is 9. The average Bonchev–Trinajstić information content (AvgIpc) is 3.62. The highest BCUT2D eigenvalue weighted by atomic mass is 19.1. The fourth-order valence-electron chi connectivity index (χ4n) is 4.54. The predicted molar refractivity (Wildman–Crippen MR) is 139 cm³/mol. The maximum atomic E-state index is 13.7. The molecule has 38 heavy (non-hydrogen) atoms. The summed E-state index contributed by atoms with van der Waals surface area (Å²) in [4.78, 5) is 31.7. The number of rotatable bonds is 9. The van der Waals surface area contributed by atoms with Crippen molar-refractivity contribution >= 4 is 11.9 Å². The Kier molecular flexibility index (Phi) is 7.93. The minimum Gasteiger partial charge on any atom is -0.359 e. The van der Waals surface area contributed by atoms with Crippen molar-refractivity contribution < 1.29 is 18.7 Å². The van der Waals surface area contributed by atoms with Crippen LogP contribution in [0, 0.1) is 11.2 Å². The molecule has 4 heterocycles. The molecule has 0 aliphatic carbocycles. The van der Waals surface area contributed by atoms with E-state index in [0.717, 1.165) is 39.3 Å². The molecule has 0 bridgehead atoms. The highest BCUT2D eigenvalue weighted by Crippen LogP contribution is 2.35. The number of amides is 1. The lowest BCUT2D eigenvalue weighted by Crippen LogP contribution is -2.47. The van der Waals surface area contributed by atoms with Gasteiger partial charge in [-0.3, -0.25) is 9.69 Å². The second-order valence-electron chi connectivity index (χ2n) is 9.77. The van der Waals surface area contributed by atoms with Gasteiger partial charge in [0.05, 0.1) is 35.7 Å². The quantitative estimate of drug-likeness (QED) is 0.311. The molecular formula is C26H33FN8O3. The normalized spacial score (nSPS) is 21.9. The number of hydrogen-bond donors (Lipinski definition) is 4. The van der Waals surface area contributed by atoms with Crippen LogP contribution in [0.25, 0.3) is 22.6 Å². The number of benzene rings is 1. The summed E-state index contributed by atoms with van der Waals surface area (Å²) < 4.78 is 25.5. The van der Waals surface area contributed by atoms with Crippen LogP contribution in [0.3, 0.4) is 0 Å². The van der Waals surface area contributed by atoms with E-state index in [1.165, 1.54) is 12.1 Å². The molecule has 2 aromatic heterocycles. The molecular weight excluding hydrogens is 491 g/mol. The molecule has 5 rings (SSSR count). The number of carbonyl (C=O) groups excluding carboxylic acids is 1. The number of halogens is 1. The first-order chi connectivity index (χ1) is 18.4. The van der Waals surface area contributed by atoms with Gasteiger partial charge in [-0.05, 0) is 43.7 Å². The van der Waals surface area contributed by atoms with Crippen molar-refractivity contribution in [2.45, 2.75) is 19.6 Å². The number of aromatic amines is 1. The van der Waals surface area contributed by atoms with E-state index >= 15 is 0 Å². The minimum atomic E-state index is -0.793. The van der Waals surface area contributed by atoms with Crippen LogP contribution in [0.5, 0.6) is 0 Å². The van der Waals surface area contributed by atoms with Gasteiger partial charge in [0, 0.05) is 51.7 Å². The molecule has 202 valence electrons. The molecule has 0 saturated carbocycles. The van der Waals surface area contributed by atoms with E-state index < -0.39 is 11.7 Å². The Hall–Kier alpha value is -3.45. The zero-order chi connectivity index (χ0) is 26.5. The van der Waals surface area contributed by atoms with Crippen LogP contribution in [0.2, 0.25) is 0 Å². The summed E-state index contributed by atoms with van der Waals surface area (Å²) in [5.74, 6) is 0.457. The largest absolute Gasteiger partial charge is 0.359 e. The highest BCUT2D eigenvalue weighted by Gasteiger charge is 2.40. The van der Waals surface area contributed by atoms with Gasteiger partial charge in [-0.25, -0.2) is 19.3 Å². The maximum absolute atomic E-state index is 13.7. The van der Waals surface area contributed by atoms with E-state index in [1.54, 1.807) is 38.4 Å². The zero-order valence-corrected chi connectivity index (χ0v) is 21.6. The van der Waals surface area contributed by atoms with Crippen molar-refractivity contribution in [3.63, 3.8) is 0 Å². The van der Waals surface area contributed by atoms with Crippen molar-refractivity contribution in [1.29, 1.82) is 0 Å². The van der Waals surface area contributed by atoms with E-state index in [-0.39, 0.29) is 24.9 Å². The fourth-order valence-corrected chi connectivity index (χ4v) is 4.54. The molecule has 3 aromatic rings. The van der Waals surface area contributed by atoms with Crippen molar-refractivity contribution in [1.82, 2.24) is 35.5 Å². The first kappa shape index (κ1) is 26.2. The molecule has 2 fully saturated rings. The summed E-state index contributed by atoms with van der Waals surface area (Å²) in [5.41, 5.74) is 1.75. The van der Waals surface area contributed by atoms with Crippen LogP contribution in [0.1, 0.15) is 25.5 Å².